The Kier molecular flexibility index (Phi) is 4.95. The van der Waals surface area contributed by atoms with E-state index in [4.69, 9.17) is 9.47 Å². The Morgan fingerprint density at radius 3 is 2.56 bits per heavy atom. The maximum absolute atomic E-state index is 11.6. The predicted octanol–water partition coefficient (Wildman–Crippen LogP) is 0.662. The van der Waals surface area contributed by atoms with E-state index in [1.54, 1.807) is 14.0 Å². The molecule has 6 nitrogen and oxygen atoms in total. The molecule has 0 aromatic heterocycles. The zero-order valence-electron chi connectivity index (χ0n) is 11.4. The molecule has 0 heterocycles. The number of carbonyl (C=O) groups excluding carboxylic acids is 2. The van der Waals surface area contributed by atoms with Gasteiger partial charge in [0.05, 0.1) is 12.7 Å². The zero-order valence-corrected chi connectivity index (χ0v) is 11.4. The second-order valence-electron chi connectivity index (χ2n) is 4.97. The van der Waals surface area contributed by atoms with Gasteiger partial charge in [-0.2, -0.15) is 0 Å². The molecule has 18 heavy (non-hydrogen) atoms. The third-order valence-corrected chi connectivity index (χ3v) is 3.47. The van der Waals surface area contributed by atoms with Crippen molar-refractivity contribution >= 4 is 12.0 Å². The number of urea groups is 1. The van der Waals surface area contributed by atoms with Gasteiger partial charge in [0.15, 0.2) is 0 Å². The lowest BCUT2D eigenvalue weighted by Gasteiger charge is -2.51. The van der Waals surface area contributed by atoms with Gasteiger partial charge in [-0.3, -0.25) is 4.79 Å². The monoisotopic (exact) mass is 258 g/mol. The quantitative estimate of drug-likeness (QED) is 0.710. The lowest BCUT2D eigenvalue weighted by Crippen LogP contribution is -2.63. The molecule has 2 atom stereocenters. The van der Waals surface area contributed by atoms with Gasteiger partial charge in [0.1, 0.15) is 6.54 Å². The van der Waals surface area contributed by atoms with Crippen LogP contribution in [0, 0.1) is 5.41 Å². The number of nitrogens with one attached hydrogen (secondary N) is 2. The minimum atomic E-state index is -0.435. The Hall–Kier alpha value is -1.30. The van der Waals surface area contributed by atoms with Crippen LogP contribution < -0.4 is 10.6 Å². The van der Waals surface area contributed by atoms with E-state index in [1.165, 1.54) is 0 Å². The third-order valence-electron chi connectivity index (χ3n) is 3.47. The van der Waals surface area contributed by atoms with Crippen molar-refractivity contribution in [2.45, 2.75) is 39.3 Å². The SMILES string of the molecule is CCOC(=O)CNC(=O)NC1CC(OC)C1(C)C. The van der Waals surface area contributed by atoms with E-state index in [1.807, 2.05) is 13.8 Å². The Morgan fingerprint density at radius 2 is 2.06 bits per heavy atom. The number of hydrogen-bond acceptors (Lipinski definition) is 4. The molecule has 1 fully saturated rings. The Morgan fingerprint density at radius 1 is 1.39 bits per heavy atom. The van der Waals surface area contributed by atoms with Crippen molar-refractivity contribution in [3.05, 3.63) is 0 Å². The molecule has 0 aromatic carbocycles. The van der Waals surface area contributed by atoms with Crippen LogP contribution in [0.1, 0.15) is 27.2 Å². The summed E-state index contributed by atoms with van der Waals surface area (Å²) >= 11 is 0. The molecule has 0 saturated heterocycles. The molecule has 0 aliphatic heterocycles. The minimum absolute atomic E-state index is 0.0599. The lowest BCUT2D eigenvalue weighted by molar-refractivity contribution is -0.141. The van der Waals surface area contributed by atoms with E-state index in [2.05, 4.69) is 10.6 Å². The summed E-state index contributed by atoms with van der Waals surface area (Å²) in [5.41, 5.74) is -0.0873. The first-order valence-corrected chi connectivity index (χ1v) is 6.14. The summed E-state index contributed by atoms with van der Waals surface area (Å²) in [7, 11) is 1.67. The van der Waals surface area contributed by atoms with E-state index < -0.39 is 5.97 Å². The lowest BCUT2D eigenvalue weighted by atomic mass is 9.64. The van der Waals surface area contributed by atoms with Crippen molar-refractivity contribution in [1.29, 1.82) is 0 Å². The van der Waals surface area contributed by atoms with Crippen LogP contribution in [0.3, 0.4) is 0 Å². The van der Waals surface area contributed by atoms with Crippen LogP contribution in [0.2, 0.25) is 0 Å². The van der Waals surface area contributed by atoms with Crippen LogP contribution in [0.25, 0.3) is 0 Å². The summed E-state index contributed by atoms with van der Waals surface area (Å²) in [6.45, 7) is 6.01. The fourth-order valence-electron chi connectivity index (χ4n) is 2.10. The average molecular weight is 258 g/mol. The van der Waals surface area contributed by atoms with Crippen molar-refractivity contribution in [3.63, 3.8) is 0 Å². The summed E-state index contributed by atoms with van der Waals surface area (Å²) < 4.78 is 10.0. The van der Waals surface area contributed by atoms with Crippen LogP contribution in [-0.4, -0.2) is 44.4 Å². The first-order valence-electron chi connectivity index (χ1n) is 6.14. The van der Waals surface area contributed by atoms with Gasteiger partial charge in [0, 0.05) is 18.6 Å². The zero-order chi connectivity index (χ0) is 13.8. The maximum atomic E-state index is 11.6. The first kappa shape index (κ1) is 14.8. The second kappa shape index (κ2) is 6.04. The third kappa shape index (κ3) is 3.35. The maximum Gasteiger partial charge on any atom is 0.325 e. The molecule has 0 radical (unpaired) electrons. The summed E-state index contributed by atoms with van der Waals surface area (Å²) in [6.07, 6.45) is 0.948. The highest BCUT2D eigenvalue weighted by molar-refractivity contribution is 5.81. The number of methoxy groups -OCH3 is 1. The van der Waals surface area contributed by atoms with Gasteiger partial charge in [0.2, 0.25) is 0 Å². The minimum Gasteiger partial charge on any atom is -0.465 e. The number of rotatable bonds is 5. The van der Waals surface area contributed by atoms with Gasteiger partial charge in [-0.25, -0.2) is 4.79 Å². The van der Waals surface area contributed by atoms with Crippen LogP contribution in [0.15, 0.2) is 0 Å². The highest BCUT2D eigenvalue weighted by atomic mass is 16.5. The van der Waals surface area contributed by atoms with Gasteiger partial charge in [-0.15, -0.1) is 0 Å². The van der Waals surface area contributed by atoms with Gasteiger partial charge in [0.25, 0.3) is 0 Å². The van der Waals surface area contributed by atoms with Gasteiger partial charge in [-0.1, -0.05) is 13.8 Å². The molecular weight excluding hydrogens is 236 g/mol. The van der Waals surface area contributed by atoms with Gasteiger partial charge >= 0.3 is 12.0 Å². The molecule has 2 amide bonds. The molecule has 6 heteroatoms. The normalized spacial score (nSPS) is 24.9. The molecule has 1 saturated carbocycles. The van der Waals surface area contributed by atoms with Crippen LogP contribution in [0.5, 0.6) is 0 Å². The topological polar surface area (TPSA) is 76.7 Å². The van der Waals surface area contributed by atoms with Crippen molar-refractivity contribution < 1.29 is 19.1 Å². The van der Waals surface area contributed by atoms with Crippen molar-refractivity contribution in [1.82, 2.24) is 10.6 Å². The fraction of sp³-hybridized carbons (Fsp3) is 0.833. The molecule has 2 unspecified atom stereocenters. The molecule has 1 aliphatic rings. The summed E-state index contributed by atoms with van der Waals surface area (Å²) in [5, 5.41) is 5.30. The largest absolute Gasteiger partial charge is 0.465 e. The molecule has 104 valence electrons. The summed E-state index contributed by atoms with van der Waals surface area (Å²) in [5.74, 6) is -0.435. The van der Waals surface area contributed by atoms with Crippen molar-refractivity contribution in [2.75, 3.05) is 20.3 Å². The van der Waals surface area contributed by atoms with E-state index in [0.717, 1.165) is 6.42 Å². The van der Waals surface area contributed by atoms with E-state index in [-0.39, 0.29) is 30.1 Å². The molecule has 1 aliphatic carbocycles. The predicted molar refractivity (Wildman–Crippen MR) is 66.2 cm³/mol. The van der Waals surface area contributed by atoms with E-state index >= 15 is 0 Å². The molecule has 1 rings (SSSR count). The average Bonchev–Trinajstić information content (AvgIpc) is 2.31. The van der Waals surface area contributed by atoms with Crippen LogP contribution in [-0.2, 0) is 14.3 Å². The second-order valence-corrected chi connectivity index (χ2v) is 4.97. The summed E-state index contributed by atoms with van der Waals surface area (Å²) in [6, 6.07) is -0.291. The Bertz CT molecular complexity index is 317. The molecule has 2 N–H and O–H groups in total. The first-order chi connectivity index (χ1) is 8.41. The van der Waals surface area contributed by atoms with Crippen LogP contribution >= 0.6 is 0 Å². The Balaban J connectivity index is 2.28. The number of carbonyl (C=O) groups is 2. The van der Waals surface area contributed by atoms with Crippen molar-refractivity contribution in [3.8, 4) is 0 Å². The van der Waals surface area contributed by atoms with Gasteiger partial charge in [-0.05, 0) is 13.3 Å². The highest BCUT2D eigenvalue weighted by Gasteiger charge is 2.49. The fourth-order valence-corrected chi connectivity index (χ4v) is 2.10. The van der Waals surface area contributed by atoms with Crippen molar-refractivity contribution in [2.24, 2.45) is 5.41 Å². The molecule has 0 spiro atoms. The van der Waals surface area contributed by atoms with E-state index in [0.29, 0.717) is 6.61 Å². The van der Waals surface area contributed by atoms with Gasteiger partial charge < -0.3 is 20.1 Å². The molecule has 0 aromatic rings. The highest BCUT2D eigenvalue weighted by Crippen LogP contribution is 2.42. The summed E-state index contributed by atoms with van der Waals surface area (Å²) in [4.78, 5) is 22.6. The standard InChI is InChI=1S/C12H22N2O4/c1-5-18-10(15)7-13-11(16)14-8-6-9(17-4)12(8,2)3/h8-9H,5-7H2,1-4H3,(H2,13,14,16). The van der Waals surface area contributed by atoms with Crippen LogP contribution in [0.4, 0.5) is 4.79 Å². The number of amides is 2. The number of esters is 1. The Labute approximate surface area is 107 Å². The number of hydrogen-bond donors (Lipinski definition) is 2. The van der Waals surface area contributed by atoms with E-state index in [9.17, 15) is 9.59 Å². The molecule has 0 bridgehead atoms. The molecular formula is C12H22N2O4. The smallest absolute Gasteiger partial charge is 0.325 e. The number of ether oxygens (including phenoxy) is 2.